The number of thioether (sulfide) groups is 1. The minimum absolute atomic E-state index is 0.106. The van der Waals surface area contributed by atoms with Crippen LogP contribution >= 0.6 is 11.8 Å². The van der Waals surface area contributed by atoms with Crippen LogP contribution in [-0.2, 0) is 4.79 Å². The van der Waals surface area contributed by atoms with Crippen LogP contribution in [0, 0.1) is 5.92 Å². The van der Waals surface area contributed by atoms with Gasteiger partial charge >= 0.3 is 0 Å². The minimum Gasteiger partial charge on any atom is -0.368 e. The van der Waals surface area contributed by atoms with E-state index < -0.39 is 0 Å². The van der Waals surface area contributed by atoms with E-state index in [2.05, 4.69) is 12.2 Å². The van der Waals surface area contributed by atoms with Gasteiger partial charge in [-0.25, -0.2) is 0 Å². The van der Waals surface area contributed by atoms with Crippen LogP contribution < -0.4 is 11.1 Å². The molecule has 0 aromatic rings. The molecular weight excluding hydrogens is 244 g/mol. The summed E-state index contributed by atoms with van der Waals surface area (Å²) >= 11 is 2.05. The molecule has 0 aromatic carbocycles. The summed E-state index contributed by atoms with van der Waals surface area (Å²) in [6.45, 7) is 2.35. The molecule has 0 saturated heterocycles. The summed E-state index contributed by atoms with van der Waals surface area (Å²) in [4.78, 5) is 11.3. The van der Waals surface area contributed by atoms with Gasteiger partial charge in [0.25, 0.3) is 0 Å². The number of hydrogen-bond acceptors (Lipinski definition) is 3. The van der Waals surface area contributed by atoms with E-state index in [1.165, 1.54) is 38.5 Å². The molecule has 0 bridgehead atoms. The average Bonchev–Trinajstić information content (AvgIpc) is 3.11. The summed E-state index contributed by atoms with van der Waals surface area (Å²) in [5.74, 6) is 1.76. The third kappa shape index (κ3) is 4.81. The third-order valence-corrected chi connectivity index (χ3v) is 5.38. The lowest BCUT2D eigenvalue weighted by molar-refractivity contribution is -0.120. The first-order valence-electron chi connectivity index (χ1n) is 7.32. The maximum absolute atomic E-state index is 11.3. The van der Waals surface area contributed by atoms with Gasteiger partial charge in [-0.2, -0.15) is 11.8 Å². The van der Waals surface area contributed by atoms with Gasteiger partial charge in [0.2, 0.25) is 5.91 Å². The van der Waals surface area contributed by atoms with Crippen molar-refractivity contribution in [3.05, 3.63) is 0 Å². The van der Waals surface area contributed by atoms with Crippen molar-refractivity contribution in [2.45, 2.75) is 69.2 Å². The highest BCUT2D eigenvalue weighted by Crippen LogP contribution is 2.32. The summed E-state index contributed by atoms with van der Waals surface area (Å²) < 4.78 is 0. The molecule has 3 unspecified atom stereocenters. The Balaban J connectivity index is 1.64. The highest BCUT2D eigenvalue weighted by atomic mass is 32.2. The topological polar surface area (TPSA) is 55.1 Å². The minimum atomic E-state index is -0.181. The zero-order valence-electron chi connectivity index (χ0n) is 11.4. The lowest BCUT2D eigenvalue weighted by atomic mass is 9.91. The lowest BCUT2D eigenvalue weighted by Gasteiger charge is -2.26. The second-order valence-corrected chi connectivity index (χ2v) is 7.36. The number of nitrogens with one attached hydrogen (secondary N) is 1. The van der Waals surface area contributed by atoms with Crippen LogP contribution in [0.15, 0.2) is 0 Å². The molecule has 3 N–H and O–H groups in total. The SMILES string of the molecule is CC1CCCC(SCCC(NC2CC2)C(N)=O)C1. The summed E-state index contributed by atoms with van der Waals surface area (Å²) in [6, 6.07) is 0.452. The number of primary amides is 1. The molecule has 0 aromatic heterocycles. The van der Waals surface area contributed by atoms with E-state index in [1.54, 1.807) is 0 Å². The second-order valence-electron chi connectivity index (χ2n) is 5.95. The van der Waals surface area contributed by atoms with Crippen LogP contribution in [0.4, 0.5) is 0 Å². The predicted octanol–water partition coefficient (Wildman–Crippen LogP) is 2.29. The molecule has 18 heavy (non-hydrogen) atoms. The van der Waals surface area contributed by atoms with E-state index in [0.29, 0.717) is 6.04 Å². The highest BCUT2D eigenvalue weighted by Gasteiger charge is 2.27. The zero-order valence-corrected chi connectivity index (χ0v) is 12.2. The summed E-state index contributed by atoms with van der Waals surface area (Å²) in [6.07, 6.45) is 8.77. The number of nitrogens with two attached hydrogens (primary N) is 1. The summed E-state index contributed by atoms with van der Waals surface area (Å²) in [5.41, 5.74) is 5.44. The Labute approximate surface area is 115 Å². The van der Waals surface area contributed by atoms with Crippen molar-refractivity contribution in [3.63, 3.8) is 0 Å². The van der Waals surface area contributed by atoms with Crippen molar-refractivity contribution in [1.29, 1.82) is 0 Å². The van der Waals surface area contributed by atoms with Crippen LogP contribution in [0.5, 0.6) is 0 Å². The van der Waals surface area contributed by atoms with E-state index >= 15 is 0 Å². The molecule has 3 nitrogen and oxygen atoms in total. The molecule has 2 aliphatic rings. The molecule has 2 rings (SSSR count). The van der Waals surface area contributed by atoms with Crippen LogP contribution in [0.1, 0.15) is 51.9 Å². The Morgan fingerprint density at radius 3 is 2.78 bits per heavy atom. The van der Waals surface area contributed by atoms with E-state index in [1.807, 2.05) is 11.8 Å². The van der Waals surface area contributed by atoms with Crippen molar-refractivity contribution in [1.82, 2.24) is 5.32 Å². The fourth-order valence-corrected chi connectivity index (χ4v) is 4.23. The van der Waals surface area contributed by atoms with E-state index in [4.69, 9.17) is 5.73 Å². The summed E-state index contributed by atoms with van der Waals surface area (Å²) in [7, 11) is 0. The molecule has 0 spiro atoms. The van der Waals surface area contributed by atoms with Crippen molar-refractivity contribution < 1.29 is 4.79 Å². The number of amides is 1. The molecule has 4 heteroatoms. The Morgan fingerprint density at radius 2 is 2.17 bits per heavy atom. The summed E-state index contributed by atoms with van der Waals surface area (Å²) in [5, 5.41) is 4.16. The van der Waals surface area contributed by atoms with Gasteiger partial charge in [-0.15, -0.1) is 0 Å². The Bertz CT molecular complexity index is 281. The molecule has 0 radical (unpaired) electrons. The van der Waals surface area contributed by atoms with Crippen LogP contribution in [0.2, 0.25) is 0 Å². The van der Waals surface area contributed by atoms with Gasteiger partial charge in [0, 0.05) is 11.3 Å². The van der Waals surface area contributed by atoms with Gasteiger partial charge in [0.1, 0.15) is 0 Å². The Hall–Kier alpha value is -0.220. The molecule has 0 heterocycles. The monoisotopic (exact) mass is 270 g/mol. The molecule has 104 valence electrons. The van der Waals surface area contributed by atoms with Crippen molar-refractivity contribution in [2.75, 3.05) is 5.75 Å². The number of rotatable bonds is 7. The fraction of sp³-hybridized carbons (Fsp3) is 0.929. The maximum Gasteiger partial charge on any atom is 0.234 e. The van der Waals surface area contributed by atoms with Gasteiger partial charge in [0.15, 0.2) is 0 Å². The number of carbonyl (C=O) groups is 1. The number of hydrogen-bond donors (Lipinski definition) is 2. The smallest absolute Gasteiger partial charge is 0.234 e. The molecule has 2 fully saturated rings. The van der Waals surface area contributed by atoms with Crippen LogP contribution in [0.25, 0.3) is 0 Å². The van der Waals surface area contributed by atoms with Crippen LogP contribution in [0.3, 0.4) is 0 Å². The molecule has 2 saturated carbocycles. The fourth-order valence-electron chi connectivity index (χ4n) is 2.72. The average molecular weight is 270 g/mol. The van der Waals surface area contributed by atoms with Gasteiger partial charge in [-0.3, -0.25) is 4.79 Å². The van der Waals surface area contributed by atoms with E-state index in [0.717, 1.165) is 23.3 Å². The first-order valence-corrected chi connectivity index (χ1v) is 8.37. The predicted molar refractivity (Wildman–Crippen MR) is 77.6 cm³/mol. The lowest BCUT2D eigenvalue weighted by Crippen LogP contribution is -2.42. The number of carbonyl (C=O) groups excluding carboxylic acids is 1. The molecular formula is C14H26N2OS. The van der Waals surface area contributed by atoms with Crippen molar-refractivity contribution in [3.8, 4) is 0 Å². The van der Waals surface area contributed by atoms with Gasteiger partial charge in [-0.05, 0) is 43.8 Å². The normalized spacial score (nSPS) is 30.1. The molecule has 2 aliphatic carbocycles. The highest BCUT2D eigenvalue weighted by molar-refractivity contribution is 7.99. The first kappa shape index (κ1) is 14.2. The van der Waals surface area contributed by atoms with Crippen molar-refractivity contribution in [2.24, 2.45) is 11.7 Å². The molecule has 1 amide bonds. The largest absolute Gasteiger partial charge is 0.368 e. The Morgan fingerprint density at radius 1 is 1.39 bits per heavy atom. The van der Waals surface area contributed by atoms with Gasteiger partial charge in [0.05, 0.1) is 6.04 Å². The van der Waals surface area contributed by atoms with Crippen molar-refractivity contribution >= 4 is 17.7 Å². The van der Waals surface area contributed by atoms with E-state index in [-0.39, 0.29) is 11.9 Å². The molecule has 0 aliphatic heterocycles. The first-order chi connectivity index (χ1) is 8.65. The molecule has 3 atom stereocenters. The van der Waals surface area contributed by atoms with E-state index in [9.17, 15) is 4.79 Å². The van der Waals surface area contributed by atoms with Crippen LogP contribution in [-0.4, -0.2) is 29.0 Å². The Kier molecular flexibility index (Phi) is 5.37. The standard InChI is InChI=1S/C14H26N2OS/c1-10-3-2-4-12(9-10)18-8-7-13(14(15)17)16-11-5-6-11/h10-13,16H,2-9H2,1H3,(H2,15,17). The van der Waals surface area contributed by atoms with Gasteiger partial charge in [-0.1, -0.05) is 19.8 Å². The quantitative estimate of drug-likeness (QED) is 0.746. The maximum atomic E-state index is 11.3. The third-order valence-electron chi connectivity index (χ3n) is 4.01. The van der Waals surface area contributed by atoms with Gasteiger partial charge < -0.3 is 11.1 Å². The zero-order chi connectivity index (χ0) is 13.0. The second kappa shape index (κ2) is 6.80.